The largest absolute Gasteiger partial charge is 0.493 e. The van der Waals surface area contributed by atoms with Crippen LogP contribution in [0.15, 0.2) is 61.1 Å². The number of nitrogens with one attached hydrogen (secondary N) is 2. The number of ether oxygens (including phenoxy) is 2. The van der Waals surface area contributed by atoms with Gasteiger partial charge in [-0.1, -0.05) is 18.2 Å². The molecule has 180 valence electrons. The molecule has 0 fully saturated rings. The molecule has 2 N–H and O–H groups in total. The standard InChI is InChI=1S/C25H25FN6O3/c1-34-21-9-5-17(13-22(21)35-2)6-10-23(33)27-11-12-32-25-20(15-31-32)24(29-16-30-25)28-14-18-3-7-19(26)8-4-18/h3-10,13,15-16H,11-12,14H2,1-2H3,(H,27,33)(H,28,29,30)/b10-6+. The predicted molar refractivity (Wildman–Crippen MR) is 131 cm³/mol. The fraction of sp³-hybridized carbons (Fsp3) is 0.200. The van der Waals surface area contributed by atoms with E-state index in [1.54, 1.807) is 55.4 Å². The number of carbonyl (C=O) groups excluding carboxylic acids is 1. The highest BCUT2D eigenvalue weighted by molar-refractivity contribution is 5.91. The van der Waals surface area contributed by atoms with Gasteiger partial charge in [-0.3, -0.25) is 4.79 Å². The molecule has 0 aliphatic carbocycles. The molecule has 0 unspecified atom stereocenters. The Hall–Kier alpha value is -4.47. The Balaban J connectivity index is 1.33. The van der Waals surface area contributed by atoms with E-state index < -0.39 is 0 Å². The number of amides is 1. The van der Waals surface area contributed by atoms with Crippen molar-refractivity contribution >= 4 is 28.8 Å². The highest BCUT2D eigenvalue weighted by Gasteiger charge is 2.10. The van der Waals surface area contributed by atoms with E-state index in [2.05, 4.69) is 25.7 Å². The van der Waals surface area contributed by atoms with Crippen LogP contribution in [0.3, 0.4) is 0 Å². The Morgan fingerprint density at radius 3 is 2.66 bits per heavy atom. The summed E-state index contributed by atoms with van der Waals surface area (Å²) in [7, 11) is 3.13. The molecule has 9 nitrogen and oxygen atoms in total. The van der Waals surface area contributed by atoms with Crippen LogP contribution < -0.4 is 20.1 Å². The minimum Gasteiger partial charge on any atom is -0.493 e. The highest BCUT2D eigenvalue weighted by Crippen LogP contribution is 2.28. The Kier molecular flexibility index (Phi) is 7.51. The summed E-state index contributed by atoms with van der Waals surface area (Å²) in [5.74, 6) is 1.34. The molecule has 0 aliphatic rings. The second kappa shape index (κ2) is 11.1. The van der Waals surface area contributed by atoms with Crippen molar-refractivity contribution < 1.29 is 18.7 Å². The number of hydrogen-bond acceptors (Lipinski definition) is 7. The maximum Gasteiger partial charge on any atom is 0.244 e. The lowest BCUT2D eigenvalue weighted by Crippen LogP contribution is -2.25. The lowest BCUT2D eigenvalue weighted by atomic mass is 10.2. The Morgan fingerprint density at radius 2 is 1.89 bits per heavy atom. The van der Waals surface area contributed by atoms with E-state index >= 15 is 0 Å². The second-order valence-corrected chi connectivity index (χ2v) is 7.55. The first-order valence-electron chi connectivity index (χ1n) is 10.9. The van der Waals surface area contributed by atoms with Gasteiger partial charge in [0, 0.05) is 19.2 Å². The molecular weight excluding hydrogens is 451 g/mol. The van der Waals surface area contributed by atoms with Crippen LogP contribution >= 0.6 is 0 Å². The number of anilines is 1. The Morgan fingerprint density at radius 1 is 1.09 bits per heavy atom. The van der Waals surface area contributed by atoms with Crippen LogP contribution in [0.4, 0.5) is 10.2 Å². The Bertz CT molecular complexity index is 1340. The molecule has 35 heavy (non-hydrogen) atoms. The summed E-state index contributed by atoms with van der Waals surface area (Å²) in [6.45, 7) is 1.29. The zero-order valence-electron chi connectivity index (χ0n) is 19.4. The fourth-order valence-electron chi connectivity index (χ4n) is 3.46. The number of hydrogen-bond donors (Lipinski definition) is 2. The number of rotatable bonds is 10. The zero-order chi connectivity index (χ0) is 24.6. The van der Waals surface area contributed by atoms with Crippen molar-refractivity contribution in [3.05, 3.63) is 78.0 Å². The number of carbonyl (C=O) groups is 1. The summed E-state index contributed by atoms with van der Waals surface area (Å²) < 4.78 is 25.3. The van der Waals surface area contributed by atoms with Crippen LogP contribution in [0.25, 0.3) is 17.1 Å². The number of benzene rings is 2. The van der Waals surface area contributed by atoms with Crippen molar-refractivity contribution in [2.75, 3.05) is 26.1 Å². The van der Waals surface area contributed by atoms with Gasteiger partial charge in [-0.15, -0.1) is 0 Å². The summed E-state index contributed by atoms with van der Waals surface area (Å²) in [4.78, 5) is 20.9. The molecule has 0 spiro atoms. The number of fused-ring (bicyclic) bond motifs is 1. The Labute approximate surface area is 201 Å². The van der Waals surface area contributed by atoms with Gasteiger partial charge in [0.1, 0.15) is 18.0 Å². The molecule has 4 aromatic rings. The third kappa shape index (κ3) is 5.91. The first-order valence-corrected chi connectivity index (χ1v) is 10.9. The van der Waals surface area contributed by atoms with E-state index in [9.17, 15) is 9.18 Å². The first-order chi connectivity index (χ1) is 17.1. The van der Waals surface area contributed by atoms with Crippen LogP contribution in [0.1, 0.15) is 11.1 Å². The van der Waals surface area contributed by atoms with E-state index in [0.717, 1.165) is 16.5 Å². The maximum absolute atomic E-state index is 13.1. The smallest absolute Gasteiger partial charge is 0.244 e. The van der Waals surface area contributed by atoms with Gasteiger partial charge in [0.2, 0.25) is 5.91 Å². The number of nitrogens with zero attached hydrogens (tertiary/aromatic N) is 4. The SMILES string of the molecule is COc1ccc(/C=C/C(=O)NCCn2ncc3c(NCc4ccc(F)cc4)ncnc32)cc1OC. The van der Waals surface area contributed by atoms with Crippen LogP contribution in [0, 0.1) is 5.82 Å². The maximum atomic E-state index is 13.1. The average Bonchev–Trinajstić information content (AvgIpc) is 3.30. The molecular formula is C25H25FN6O3. The monoisotopic (exact) mass is 476 g/mol. The minimum atomic E-state index is -0.275. The van der Waals surface area contributed by atoms with Gasteiger partial charge >= 0.3 is 0 Å². The summed E-state index contributed by atoms with van der Waals surface area (Å²) in [5.41, 5.74) is 2.39. The van der Waals surface area contributed by atoms with E-state index in [0.29, 0.717) is 42.6 Å². The molecule has 2 heterocycles. The van der Waals surface area contributed by atoms with Crippen LogP contribution in [-0.2, 0) is 17.9 Å². The molecule has 0 saturated heterocycles. The minimum absolute atomic E-state index is 0.229. The molecule has 2 aromatic carbocycles. The van der Waals surface area contributed by atoms with E-state index in [1.807, 2.05) is 6.07 Å². The molecule has 0 saturated carbocycles. The normalized spacial score (nSPS) is 11.1. The van der Waals surface area contributed by atoms with E-state index in [1.165, 1.54) is 24.5 Å². The number of aromatic nitrogens is 4. The second-order valence-electron chi connectivity index (χ2n) is 7.55. The van der Waals surface area contributed by atoms with E-state index in [-0.39, 0.29) is 11.7 Å². The van der Waals surface area contributed by atoms with Crippen molar-refractivity contribution in [3.8, 4) is 11.5 Å². The van der Waals surface area contributed by atoms with Crippen molar-refractivity contribution in [1.82, 2.24) is 25.1 Å². The van der Waals surface area contributed by atoms with Gasteiger partial charge in [0.15, 0.2) is 17.1 Å². The topological polar surface area (TPSA) is 103 Å². The molecule has 2 aromatic heterocycles. The molecule has 0 bridgehead atoms. The number of halogens is 1. The lowest BCUT2D eigenvalue weighted by Gasteiger charge is -2.08. The summed E-state index contributed by atoms with van der Waals surface area (Å²) in [6.07, 6.45) is 6.30. The first kappa shape index (κ1) is 23.7. The van der Waals surface area contributed by atoms with Crippen LogP contribution in [-0.4, -0.2) is 46.4 Å². The third-order valence-corrected chi connectivity index (χ3v) is 5.26. The average molecular weight is 477 g/mol. The van der Waals surface area contributed by atoms with Crippen molar-refractivity contribution in [2.45, 2.75) is 13.1 Å². The quantitative estimate of drug-likeness (QED) is 0.338. The lowest BCUT2D eigenvalue weighted by molar-refractivity contribution is -0.116. The molecule has 0 radical (unpaired) electrons. The third-order valence-electron chi connectivity index (χ3n) is 5.26. The number of methoxy groups -OCH3 is 2. The summed E-state index contributed by atoms with van der Waals surface area (Å²) in [6, 6.07) is 11.7. The van der Waals surface area contributed by atoms with Gasteiger partial charge < -0.3 is 20.1 Å². The molecule has 0 aliphatic heterocycles. The van der Waals surface area contributed by atoms with Gasteiger partial charge in [-0.05, 0) is 41.5 Å². The zero-order valence-corrected chi connectivity index (χ0v) is 19.4. The molecule has 4 rings (SSSR count). The van der Waals surface area contributed by atoms with Crippen molar-refractivity contribution in [3.63, 3.8) is 0 Å². The van der Waals surface area contributed by atoms with Crippen LogP contribution in [0.2, 0.25) is 0 Å². The summed E-state index contributed by atoms with van der Waals surface area (Å²) >= 11 is 0. The molecule has 1 amide bonds. The predicted octanol–water partition coefficient (Wildman–Crippen LogP) is 3.42. The van der Waals surface area contributed by atoms with Crippen LogP contribution in [0.5, 0.6) is 11.5 Å². The fourth-order valence-corrected chi connectivity index (χ4v) is 3.46. The van der Waals surface area contributed by atoms with Gasteiger partial charge in [-0.25, -0.2) is 19.0 Å². The van der Waals surface area contributed by atoms with Gasteiger partial charge in [0.05, 0.1) is 32.3 Å². The van der Waals surface area contributed by atoms with Gasteiger partial charge in [-0.2, -0.15) is 5.10 Å². The van der Waals surface area contributed by atoms with Crippen molar-refractivity contribution in [1.29, 1.82) is 0 Å². The van der Waals surface area contributed by atoms with Crippen molar-refractivity contribution in [2.24, 2.45) is 0 Å². The molecule has 0 atom stereocenters. The highest BCUT2D eigenvalue weighted by atomic mass is 19.1. The molecule has 10 heteroatoms. The summed E-state index contributed by atoms with van der Waals surface area (Å²) in [5, 5.41) is 11.2. The van der Waals surface area contributed by atoms with E-state index in [4.69, 9.17) is 9.47 Å². The van der Waals surface area contributed by atoms with Gasteiger partial charge in [0.25, 0.3) is 0 Å².